The van der Waals surface area contributed by atoms with Crippen molar-refractivity contribution in [2.45, 2.75) is 19.5 Å². The number of carboxylic acids is 1. The van der Waals surface area contributed by atoms with Crippen molar-refractivity contribution in [2.75, 3.05) is 6.54 Å². The topological polar surface area (TPSA) is 104 Å². The molecule has 0 saturated heterocycles. The number of carboxylic acid groups (broad SMARTS) is 1. The van der Waals surface area contributed by atoms with Crippen LogP contribution in [0.4, 0.5) is 0 Å². The van der Waals surface area contributed by atoms with E-state index in [1.165, 1.54) is 6.92 Å². The van der Waals surface area contributed by atoms with Crippen molar-refractivity contribution in [2.24, 2.45) is 0 Å². The Morgan fingerprint density at radius 2 is 2.29 bits per heavy atom. The van der Waals surface area contributed by atoms with Gasteiger partial charge in [0.2, 0.25) is 5.91 Å². The fourth-order valence-corrected chi connectivity index (χ4v) is 1.22. The number of aromatic nitrogens is 2. The maximum Gasteiger partial charge on any atom is 0.327 e. The van der Waals surface area contributed by atoms with E-state index in [4.69, 9.17) is 5.11 Å². The molecule has 0 bridgehead atoms. The summed E-state index contributed by atoms with van der Waals surface area (Å²) in [6.45, 7) is 1.81. The summed E-state index contributed by atoms with van der Waals surface area (Å²) in [4.78, 5) is 21.6. The Labute approximate surface area is 98.2 Å². The van der Waals surface area contributed by atoms with Gasteiger partial charge in [0.25, 0.3) is 0 Å². The predicted molar refractivity (Wildman–Crippen MR) is 59.0 cm³/mol. The number of aliphatic carboxylic acids is 1. The average Bonchev–Trinajstić information content (AvgIpc) is 2.28. The van der Waals surface area contributed by atoms with Crippen LogP contribution in [0, 0.1) is 0 Å². The molecule has 1 amide bonds. The summed E-state index contributed by atoms with van der Waals surface area (Å²) in [5, 5.41) is 21.6. The van der Waals surface area contributed by atoms with Crippen LogP contribution in [0.1, 0.15) is 12.6 Å². The van der Waals surface area contributed by atoms with E-state index < -0.39 is 12.0 Å². The highest BCUT2D eigenvalue weighted by atomic mass is 16.4. The van der Waals surface area contributed by atoms with Crippen LogP contribution in [0.25, 0.3) is 0 Å². The first-order chi connectivity index (χ1) is 8.09. The van der Waals surface area contributed by atoms with Gasteiger partial charge < -0.3 is 15.7 Å². The summed E-state index contributed by atoms with van der Waals surface area (Å²) < 4.78 is 0. The summed E-state index contributed by atoms with van der Waals surface area (Å²) in [6, 6.07) is 2.57. The fraction of sp³-hybridized carbons (Fsp3) is 0.400. The SMILES string of the molecule is CC(=O)NC(CNCc1cccnn1)C(=O)O. The number of nitrogens with one attached hydrogen (secondary N) is 2. The maximum atomic E-state index is 10.8. The second kappa shape index (κ2) is 6.54. The molecule has 0 radical (unpaired) electrons. The van der Waals surface area contributed by atoms with E-state index in [0.29, 0.717) is 12.2 Å². The molecular weight excluding hydrogens is 224 g/mol. The Balaban J connectivity index is 2.37. The van der Waals surface area contributed by atoms with Crippen molar-refractivity contribution in [3.63, 3.8) is 0 Å². The van der Waals surface area contributed by atoms with Crippen LogP contribution in [-0.4, -0.2) is 39.8 Å². The Bertz CT molecular complexity index is 382. The van der Waals surface area contributed by atoms with Gasteiger partial charge >= 0.3 is 5.97 Å². The van der Waals surface area contributed by atoms with Gasteiger partial charge in [-0.25, -0.2) is 4.79 Å². The van der Waals surface area contributed by atoms with Gasteiger partial charge in [-0.3, -0.25) is 4.79 Å². The average molecular weight is 238 g/mol. The summed E-state index contributed by atoms with van der Waals surface area (Å²) in [5.74, 6) is -1.45. The van der Waals surface area contributed by atoms with Gasteiger partial charge in [-0.15, -0.1) is 0 Å². The second-order valence-electron chi connectivity index (χ2n) is 3.44. The Morgan fingerprint density at radius 1 is 1.53 bits per heavy atom. The lowest BCUT2D eigenvalue weighted by atomic mass is 10.3. The lowest BCUT2D eigenvalue weighted by Gasteiger charge is -2.13. The molecule has 0 fully saturated rings. The molecule has 1 aromatic rings. The van der Waals surface area contributed by atoms with Crippen molar-refractivity contribution in [3.05, 3.63) is 24.0 Å². The molecule has 3 N–H and O–H groups in total. The summed E-state index contributed by atoms with van der Waals surface area (Å²) in [5.41, 5.74) is 0.708. The van der Waals surface area contributed by atoms with Gasteiger partial charge in [-0.1, -0.05) is 0 Å². The van der Waals surface area contributed by atoms with Crippen LogP contribution < -0.4 is 10.6 Å². The molecule has 1 heterocycles. The van der Waals surface area contributed by atoms with Crippen LogP contribution in [0.2, 0.25) is 0 Å². The first-order valence-corrected chi connectivity index (χ1v) is 5.07. The van der Waals surface area contributed by atoms with Crippen molar-refractivity contribution in [1.82, 2.24) is 20.8 Å². The molecule has 1 atom stereocenters. The molecule has 17 heavy (non-hydrogen) atoms. The van der Waals surface area contributed by atoms with E-state index >= 15 is 0 Å². The highest BCUT2D eigenvalue weighted by Crippen LogP contribution is 1.90. The number of amides is 1. The lowest BCUT2D eigenvalue weighted by Crippen LogP contribution is -2.46. The zero-order valence-corrected chi connectivity index (χ0v) is 9.38. The molecule has 0 spiro atoms. The molecule has 0 aliphatic rings. The summed E-state index contributed by atoms with van der Waals surface area (Å²) >= 11 is 0. The minimum Gasteiger partial charge on any atom is -0.480 e. The minimum absolute atomic E-state index is 0.130. The van der Waals surface area contributed by atoms with Gasteiger partial charge in [0.1, 0.15) is 6.04 Å². The molecule has 0 aromatic carbocycles. The Morgan fingerprint density at radius 3 is 2.82 bits per heavy atom. The molecule has 1 rings (SSSR count). The molecule has 0 aliphatic heterocycles. The molecule has 1 unspecified atom stereocenters. The Kier molecular flexibility index (Phi) is 5.02. The van der Waals surface area contributed by atoms with Crippen LogP contribution >= 0.6 is 0 Å². The number of rotatable bonds is 6. The molecule has 7 heteroatoms. The van der Waals surface area contributed by atoms with Crippen molar-refractivity contribution in [1.29, 1.82) is 0 Å². The first kappa shape index (κ1) is 13.0. The molecule has 0 saturated carbocycles. The van der Waals surface area contributed by atoms with Gasteiger partial charge in [0.05, 0.1) is 5.69 Å². The van der Waals surface area contributed by atoms with Crippen molar-refractivity contribution in [3.8, 4) is 0 Å². The van der Waals surface area contributed by atoms with Crippen molar-refractivity contribution < 1.29 is 14.7 Å². The van der Waals surface area contributed by atoms with E-state index in [9.17, 15) is 9.59 Å². The number of carbonyl (C=O) groups is 2. The van der Waals surface area contributed by atoms with E-state index in [0.717, 1.165) is 0 Å². The predicted octanol–water partition coefficient (Wildman–Crippen LogP) is -0.844. The minimum atomic E-state index is -1.08. The highest BCUT2D eigenvalue weighted by molar-refractivity contribution is 5.82. The smallest absolute Gasteiger partial charge is 0.327 e. The third-order valence-corrected chi connectivity index (χ3v) is 1.96. The Hall–Kier alpha value is -2.02. The van der Waals surface area contributed by atoms with Gasteiger partial charge in [0, 0.05) is 26.2 Å². The fourth-order valence-electron chi connectivity index (χ4n) is 1.22. The highest BCUT2D eigenvalue weighted by Gasteiger charge is 2.17. The quantitative estimate of drug-likeness (QED) is 0.596. The number of carbonyl (C=O) groups excluding carboxylic acids is 1. The van der Waals surface area contributed by atoms with E-state index in [1.54, 1.807) is 18.3 Å². The van der Waals surface area contributed by atoms with E-state index in [-0.39, 0.29) is 12.5 Å². The van der Waals surface area contributed by atoms with Crippen LogP contribution in [0.5, 0.6) is 0 Å². The normalized spacial score (nSPS) is 11.8. The number of hydrogen-bond acceptors (Lipinski definition) is 5. The van der Waals surface area contributed by atoms with Crippen LogP contribution in [-0.2, 0) is 16.1 Å². The standard InChI is InChI=1S/C10H14N4O3/c1-7(15)13-9(10(16)17)6-11-5-8-3-2-4-12-14-8/h2-4,9,11H,5-6H2,1H3,(H,13,15)(H,16,17). The van der Waals surface area contributed by atoms with Crippen LogP contribution in [0.15, 0.2) is 18.3 Å². The number of nitrogens with zero attached hydrogens (tertiary/aromatic N) is 2. The van der Waals surface area contributed by atoms with Gasteiger partial charge in [0.15, 0.2) is 0 Å². The van der Waals surface area contributed by atoms with Crippen LogP contribution in [0.3, 0.4) is 0 Å². The molecule has 0 aliphatic carbocycles. The van der Waals surface area contributed by atoms with Crippen molar-refractivity contribution >= 4 is 11.9 Å². The molecule has 1 aromatic heterocycles. The van der Waals surface area contributed by atoms with E-state index in [1.807, 2.05) is 0 Å². The van der Waals surface area contributed by atoms with Gasteiger partial charge in [-0.05, 0) is 12.1 Å². The molecular formula is C10H14N4O3. The third-order valence-electron chi connectivity index (χ3n) is 1.96. The summed E-state index contributed by atoms with van der Waals surface area (Å²) in [7, 11) is 0. The third kappa shape index (κ3) is 5.03. The maximum absolute atomic E-state index is 10.8. The van der Waals surface area contributed by atoms with Gasteiger partial charge in [-0.2, -0.15) is 10.2 Å². The zero-order valence-electron chi connectivity index (χ0n) is 9.38. The van der Waals surface area contributed by atoms with E-state index in [2.05, 4.69) is 20.8 Å². The molecule has 92 valence electrons. The second-order valence-corrected chi connectivity index (χ2v) is 3.44. The first-order valence-electron chi connectivity index (χ1n) is 5.07. The monoisotopic (exact) mass is 238 g/mol. The number of hydrogen-bond donors (Lipinski definition) is 3. The lowest BCUT2D eigenvalue weighted by molar-refractivity contribution is -0.141. The molecule has 7 nitrogen and oxygen atoms in total. The summed E-state index contributed by atoms with van der Waals surface area (Å²) in [6.07, 6.45) is 1.56. The largest absolute Gasteiger partial charge is 0.480 e. The zero-order chi connectivity index (χ0) is 12.7.